The molecule has 0 amide bonds. The highest BCUT2D eigenvalue weighted by Crippen LogP contribution is 2.32. The molecular formula is C24H28N4O3. The third-order valence-electron chi connectivity index (χ3n) is 5.16. The van der Waals surface area contributed by atoms with E-state index < -0.39 is 0 Å². The van der Waals surface area contributed by atoms with E-state index in [0.29, 0.717) is 38.2 Å². The number of guanidine groups is 1. The van der Waals surface area contributed by atoms with Crippen LogP contribution in [-0.2, 0) is 13.1 Å². The summed E-state index contributed by atoms with van der Waals surface area (Å²) in [6.45, 7) is 8.23. The van der Waals surface area contributed by atoms with Gasteiger partial charge in [0.25, 0.3) is 0 Å². The van der Waals surface area contributed by atoms with Crippen LogP contribution in [0.25, 0.3) is 0 Å². The SMILES string of the molecule is Cc1ccccc1CN=C(NCc1nc(C)c(C)o1)Nc1ccc2c(c1)OCCCO2. The molecule has 2 N–H and O–H groups in total. The largest absolute Gasteiger partial charge is 0.490 e. The van der Waals surface area contributed by atoms with E-state index in [0.717, 1.165) is 35.1 Å². The Balaban J connectivity index is 1.53. The first-order valence-electron chi connectivity index (χ1n) is 10.5. The molecule has 0 atom stereocenters. The van der Waals surface area contributed by atoms with Crippen LogP contribution in [0.15, 0.2) is 51.9 Å². The van der Waals surface area contributed by atoms with Crippen LogP contribution >= 0.6 is 0 Å². The lowest BCUT2D eigenvalue weighted by molar-refractivity contribution is 0.297. The number of nitrogens with one attached hydrogen (secondary N) is 2. The zero-order valence-corrected chi connectivity index (χ0v) is 18.2. The van der Waals surface area contributed by atoms with Gasteiger partial charge in [0, 0.05) is 18.2 Å². The van der Waals surface area contributed by atoms with E-state index in [4.69, 9.17) is 18.9 Å². The van der Waals surface area contributed by atoms with Gasteiger partial charge in [-0.3, -0.25) is 0 Å². The highest BCUT2D eigenvalue weighted by atomic mass is 16.5. The Labute approximate surface area is 182 Å². The molecule has 0 radical (unpaired) electrons. The number of benzene rings is 2. The molecule has 2 heterocycles. The van der Waals surface area contributed by atoms with E-state index in [1.165, 1.54) is 11.1 Å². The minimum atomic E-state index is 0.429. The normalized spacial score (nSPS) is 13.6. The molecule has 0 fully saturated rings. The average molecular weight is 421 g/mol. The molecule has 7 nitrogen and oxygen atoms in total. The van der Waals surface area contributed by atoms with Crippen LogP contribution in [0.4, 0.5) is 5.69 Å². The predicted molar refractivity (Wildman–Crippen MR) is 121 cm³/mol. The Bertz CT molecular complexity index is 1050. The van der Waals surface area contributed by atoms with E-state index in [9.17, 15) is 0 Å². The van der Waals surface area contributed by atoms with Crippen molar-refractivity contribution in [3.63, 3.8) is 0 Å². The van der Waals surface area contributed by atoms with Gasteiger partial charge in [0.05, 0.1) is 32.0 Å². The van der Waals surface area contributed by atoms with Crippen molar-refractivity contribution in [2.45, 2.75) is 40.3 Å². The molecule has 2 aromatic carbocycles. The van der Waals surface area contributed by atoms with Crippen LogP contribution in [0.3, 0.4) is 0 Å². The second kappa shape index (κ2) is 9.55. The number of nitrogens with zero attached hydrogens (tertiary/aromatic N) is 2. The van der Waals surface area contributed by atoms with Crippen molar-refractivity contribution in [2.75, 3.05) is 18.5 Å². The fraction of sp³-hybridized carbons (Fsp3) is 0.333. The van der Waals surface area contributed by atoms with Crippen LogP contribution in [0.1, 0.15) is 34.9 Å². The van der Waals surface area contributed by atoms with Crippen molar-refractivity contribution in [2.24, 2.45) is 4.99 Å². The van der Waals surface area contributed by atoms with E-state index >= 15 is 0 Å². The molecule has 4 rings (SSSR count). The summed E-state index contributed by atoms with van der Waals surface area (Å²) in [4.78, 5) is 9.22. The van der Waals surface area contributed by atoms with Crippen LogP contribution in [0.5, 0.6) is 11.5 Å². The Morgan fingerprint density at radius 3 is 2.61 bits per heavy atom. The molecule has 0 bridgehead atoms. The topological polar surface area (TPSA) is 80.9 Å². The maximum absolute atomic E-state index is 5.81. The number of fused-ring (bicyclic) bond motifs is 1. The van der Waals surface area contributed by atoms with Crippen molar-refractivity contribution in [1.29, 1.82) is 0 Å². The van der Waals surface area contributed by atoms with Crippen LogP contribution in [0, 0.1) is 20.8 Å². The number of aliphatic imine (C=N–C) groups is 1. The molecule has 0 saturated carbocycles. The first-order chi connectivity index (χ1) is 15.1. The number of hydrogen-bond acceptors (Lipinski definition) is 5. The van der Waals surface area contributed by atoms with Gasteiger partial charge in [-0.05, 0) is 44.0 Å². The maximum Gasteiger partial charge on any atom is 0.214 e. The predicted octanol–water partition coefficient (Wildman–Crippen LogP) is 4.52. The first kappa shape index (κ1) is 20.8. The standard InChI is InChI=1S/C24H28N4O3/c1-16-7-4-5-8-19(16)14-25-24(26-15-23-27-17(2)18(3)31-23)28-20-9-10-21-22(13-20)30-12-6-11-29-21/h4-5,7-10,13H,6,11-12,14-15H2,1-3H3,(H2,25,26,28). The lowest BCUT2D eigenvalue weighted by Gasteiger charge is -2.14. The highest BCUT2D eigenvalue weighted by Gasteiger charge is 2.12. The van der Waals surface area contributed by atoms with E-state index in [1.54, 1.807) is 0 Å². The van der Waals surface area contributed by atoms with Gasteiger partial charge in [0.15, 0.2) is 17.5 Å². The summed E-state index contributed by atoms with van der Waals surface area (Å²) in [6.07, 6.45) is 0.872. The monoisotopic (exact) mass is 420 g/mol. The number of ether oxygens (including phenoxy) is 2. The quantitative estimate of drug-likeness (QED) is 0.467. The Morgan fingerprint density at radius 2 is 1.84 bits per heavy atom. The molecule has 1 aromatic heterocycles. The van der Waals surface area contributed by atoms with Gasteiger partial charge < -0.3 is 24.5 Å². The molecule has 1 aliphatic heterocycles. The summed E-state index contributed by atoms with van der Waals surface area (Å²) < 4.78 is 17.2. The summed E-state index contributed by atoms with van der Waals surface area (Å²) in [5.41, 5.74) is 4.14. The lowest BCUT2D eigenvalue weighted by atomic mass is 10.1. The Kier molecular flexibility index (Phi) is 6.40. The molecule has 162 valence electrons. The smallest absolute Gasteiger partial charge is 0.214 e. The number of hydrogen-bond donors (Lipinski definition) is 2. The first-order valence-corrected chi connectivity index (χ1v) is 10.5. The highest BCUT2D eigenvalue weighted by molar-refractivity contribution is 5.93. The number of aryl methyl sites for hydroxylation is 3. The number of oxazole rings is 1. The van der Waals surface area contributed by atoms with E-state index in [1.807, 2.05) is 44.2 Å². The third-order valence-corrected chi connectivity index (χ3v) is 5.16. The fourth-order valence-electron chi connectivity index (χ4n) is 3.24. The second-order valence-electron chi connectivity index (χ2n) is 7.53. The van der Waals surface area contributed by atoms with Crippen molar-refractivity contribution in [3.05, 3.63) is 70.9 Å². The summed E-state index contributed by atoms with van der Waals surface area (Å²) in [6, 6.07) is 14.1. The van der Waals surface area contributed by atoms with Crippen LogP contribution in [-0.4, -0.2) is 24.2 Å². The minimum Gasteiger partial charge on any atom is -0.490 e. The van der Waals surface area contributed by atoms with E-state index in [2.05, 4.69) is 34.7 Å². The summed E-state index contributed by atoms with van der Waals surface area (Å²) in [5, 5.41) is 6.68. The summed E-state index contributed by atoms with van der Waals surface area (Å²) in [7, 11) is 0. The molecular weight excluding hydrogens is 392 g/mol. The molecule has 0 unspecified atom stereocenters. The van der Waals surface area contributed by atoms with Gasteiger partial charge in [-0.2, -0.15) is 0 Å². The number of anilines is 1. The molecule has 0 spiro atoms. The van der Waals surface area contributed by atoms with Gasteiger partial charge in [0.2, 0.25) is 5.89 Å². The van der Waals surface area contributed by atoms with Gasteiger partial charge in [-0.25, -0.2) is 9.98 Å². The van der Waals surface area contributed by atoms with Gasteiger partial charge in [0.1, 0.15) is 5.76 Å². The van der Waals surface area contributed by atoms with E-state index in [-0.39, 0.29) is 0 Å². The Morgan fingerprint density at radius 1 is 1.03 bits per heavy atom. The molecule has 3 aromatic rings. The Hall–Kier alpha value is -3.48. The third kappa shape index (κ3) is 5.36. The molecule has 7 heteroatoms. The molecule has 31 heavy (non-hydrogen) atoms. The molecule has 0 aliphatic carbocycles. The van der Waals surface area contributed by atoms with Crippen molar-refractivity contribution in [3.8, 4) is 11.5 Å². The molecule has 1 aliphatic rings. The zero-order chi connectivity index (χ0) is 21.6. The van der Waals surface area contributed by atoms with Crippen LogP contribution in [0.2, 0.25) is 0 Å². The summed E-state index contributed by atoms with van der Waals surface area (Å²) in [5.74, 6) is 3.58. The zero-order valence-electron chi connectivity index (χ0n) is 18.2. The van der Waals surface area contributed by atoms with Crippen LogP contribution < -0.4 is 20.1 Å². The molecule has 0 saturated heterocycles. The maximum atomic E-state index is 5.81. The fourth-order valence-corrected chi connectivity index (χ4v) is 3.24. The van der Waals surface area contributed by atoms with Gasteiger partial charge in [-0.1, -0.05) is 24.3 Å². The van der Waals surface area contributed by atoms with Crippen molar-refractivity contribution < 1.29 is 13.9 Å². The number of rotatable bonds is 5. The summed E-state index contributed by atoms with van der Waals surface area (Å²) >= 11 is 0. The van der Waals surface area contributed by atoms with Crippen molar-refractivity contribution in [1.82, 2.24) is 10.3 Å². The minimum absolute atomic E-state index is 0.429. The lowest BCUT2D eigenvalue weighted by Crippen LogP contribution is -2.30. The van der Waals surface area contributed by atoms with Gasteiger partial charge in [-0.15, -0.1) is 0 Å². The van der Waals surface area contributed by atoms with Crippen molar-refractivity contribution >= 4 is 11.6 Å². The van der Waals surface area contributed by atoms with Gasteiger partial charge >= 0.3 is 0 Å². The second-order valence-corrected chi connectivity index (χ2v) is 7.53. The number of aromatic nitrogens is 1. The average Bonchev–Trinajstić information content (AvgIpc) is 2.95.